The standard InChI is InChI=1S/2C11H9NO4S.2Na/c2*13-9(14)5-6-10(17)16-11-12-7-3-1-2-4-8(7)15-11;;/h2*1-4H,5-6H2,(H,13,14);;/q;;2*+1/p-2. The van der Waals surface area contributed by atoms with Crippen molar-refractivity contribution in [3.05, 3.63) is 48.5 Å². The van der Waals surface area contributed by atoms with Crippen molar-refractivity contribution in [3.63, 3.8) is 0 Å². The second-order valence-corrected chi connectivity index (χ2v) is 7.50. The molecule has 0 saturated heterocycles. The van der Waals surface area contributed by atoms with Gasteiger partial charge in [-0.05, 0) is 61.5 Å². The SMILES string of the molecule is O=C([O-])CCC(=S)Oc1nc2ccccc2o1.O=C([O-])CCC(=S)Oc1nc2ccccc2o1.[Na+].[Na+]. The van der Waals surface area contributed by atoms with E-state index in [0.717, 1.165) is 0 Å². The van der Waals surface area contributed by atoms with Crippen LogP contribution in [-0.2, 0) is 9.59 Å². The molecule has 0 atom stereocenters. The number of para-hydroxylation sites is 4. The van der Waals surface area contributed by atoms with Gasteiger partial charge in [-0.2, -0.15) is 9.97 Å². The molecule has 2 aromatic heterocycles. The summed E-state index contributed by atoms with van der Waals surface area (Å²) >= 11 is 9.69. The van der Waals surface area contributed by atoms with Gasteiger partial charge in [0.05, 0.1) is 0 Å². The summed E-state index contributed by atoms with van der Waals surface area (Å²) in [6.45, 7) is 0. The van der Waals surface area contributed by atoms with Crippen LogP contribution >= 0.6 is 24.4 Å². The number of hydrogen-bond acceptors (Lipinski definition) is 12. The van der Waals surface area contributed by atoms with Gasteiger partial charge < -0.3 is 38.1 Å². The molecule has 2 heterocycles. The van der Waals surface area contributed by atoms with Crippen LogP contribution in [0.25, 0.3) is 22.2 Å². The van der Waals surface area contributed by atoms with Crippen molar-refractivity contribution in [2.45, 2.75) is 25.7 Å². The largest absolute Gasteiger partial charge is 1.00 e. The minimum absolute atomic E-state index is 0. The molecular weight excluding hydrogens is 530 g/mol. The number of ether oxygens (including phenoxy) is 2. The van der Waals surface area contributed by atoms with E-state index in [9.17, 15) is 19.8 Å². The number of aromatic nitrogens is 2. The number of nitrogens with zero attached hydrogens (tertiary/aromatic N) is 2. The fourth-order valence-electron chi connectivity index (χ4n) is 2.49. The minimum Gasteiger partial charge on any atom is -0.550 e. The van der Waals surface area contributed by atoms with Crippen LogP contribution in [0.3, 0.4) is 0 Å². The number of fused-ring (bicyclic) bond motifs is 2. The van der Waals surface area contributed by atoms with E-state index in [1.165, 1.54) is 0 Å². The smallest absolute Gasteiger partial charge is 0.550 e. The van der Waals surface area contributed by atoms with E-state index >= 15 is 0 Å². The van der Waals surface area contributed by atoms with Gasteiger partial charge in [0.15, 0.2) is 21.3 Å². The quantitative estimate of drug-likeness (QED) is 0.157. The van der Waals surface area contributed by atoms with Gasteiger partial charge >= 0.3 is 71.3 Å². The molecule has 0 aliphatic heterocycles. The molecule has 0 bridgehead atoms. The van der Waals surface area contributed by atoms with E-state index in [2.05, 4.69) is 9.97 Å². The number of benzene rings is 2. The van der Waals surface area contributed by atoms with E-state index in [1.54, 1.807) is 24.3 Å². The Balaban J connectivity index is 0.000000341. The molecule has 176 valence electrons. The number of carbonyl (C=O) groups excluding carboxylic acids is 2. The number of carboxylic acid groups (broad SMARTS) is 2. The minimum atomic E-state index is -1.17. The molecule has 4 aromatic rings. The Labute approximate surface area is 259 Å². The Hall–Kier alpha value is -1.90. The maximum atomic E-state index is 10.2. The first-order valence-corrected chi connectivity index (χ1v) is 10.6. The molecule has 0 aliphatic carbocycles. The third-order valence-corrected chi connectivity index (χ3v) is 4.59. The number of carboxylic acids is 2. The Bertz CT molecular complexity index is 1170. The van der Waals surface area contributed by atoms with Crippen molar-refractivity contribution in [3.8, 4) is 12.2 Å². The van der Waals surface area contributed by atoms with E-state index in [-0.39, 0.29) is 107 Å². The molecule has 2 aromatic carbocycles. The monoisotopic (exact) mass is 546 g/mol. The Morgan fingerprint density at radius 2 is 1.06 bits per heavy atom. The molecule has 36 heavy (non-hydrogen) atoms. The predicted octanol–water partition coefficient (Wildman–Crippen LogP) is -3.86. The summed E-state index contributed by atoms with van der Waals surface area (Å²) in [5.74, 6) is -2.35. The maximum Gasteiger partial charge on any atom is 1.00 e. The molecule has 0 saturated carbocycles. The van der Waals surface area contributed by atoms with Crippen LogP contribution in [0.15, 0.2) is 57.4 Å². The van der Waals surface area contributed by atoms with E-state index < -0.39 is 11.9 Å². The molecule has 4 rings (SSSR count). The molecule has 0 unspecified atom stereocenters. The molecule has 0 N–H and O–H groups in total. The summed E-state index contributed by atoms with van der Waals surface area (Å²) in [6, 6.07) is 14.3. The summed E-state index contributed by atoms with van der Waals surface area (Å²) in [7, 11) is 0. The molecular formula is C22H16N2Na2O8S2. The van der Waals surface area contributed by atoms with Crippen LogP contribution in [-0.4, -0.2) is 32.0 Å². The Morgan fingerprint density at radius 3 is 1.39 bits per heavy atom. The van der Waals surface area contributed by atoms with Crippen LogP contribution < -0.4 is 78.8 Å². The molecule has 0 aliphatic rings. The van der Waals surface area contributed by atoms with Gasteiger partial charge in [-0.3, -0.25) is 0 Å². The molecule has 0 fully saturated rings. The number of carbonyl (C=O) groups is 2. The average Bonchev–Trinajstić information content (AvgIpc) is 3.39. The average molecular weight is 546 g/mol. The summed E-state index contributed by atoms with van der Waals surface area (Å²) in [4.78, 5) is 28.5. The molecule has 14 heteroatoms. The van der Waals surface area contributed by atoms with Crippen molar-refractivity contribution >= 4 is 68.7 Å². The fourth-order valence-corrected chi connectivity index (χ4v) is 2.84. The van der Waals surface area contributed by atoms with E-state index in [1.807, 2.05) is 24.3 Å². The zero-order chi connectivity index (χ0) is 24.5. The van der Waals surface area contributed by atoms with Crippen LogP contribution in [0, 0.1) is 0 Å². The Morgan fingerprint density at radius 1 is 0.694 bits per heavy atom. The predicted molar refractivity (Wildman–Crippen MR) is 123 cm³/mol. The summed E-state index contributed by atoms with van der Waals surface area (Å²) in [5.41, 5.74) is 2.49. The van der Waals surface area contributed by atoms with E-state index in [4.69, 9.17) is 42.7 Å². The van der Waals surface area contributed by atoms with Crippen LogP contribution in [0.5, 0.6) is 12.2 Å². The first kappa shape index (κ1) is 32.1. The second-order valence-electron chi connectivity index (χ2n) is 6.59. The molecule has 10 nitrogen and oxygen atoms in total. The van der Waals surface area contributed by atoms with Gasteiger partial charge in [0.25, 0.3) is 0 Å². The normalized spacial score (nSPS) is 9.78. The van der Waals surface area contributed by atoms with Gasteiger partial charge in [0, 0.05) is 24.8 Å². The zero-order valence-electron chi connectivity index (χ0n) is 19.4. The maximum absolute atomic E-state index is 10.2. The first-order chi connectivity index (χ1) is 16.3. The molecule has 0 amide bonds. The second kappa shape index (κ2) is 16.0. The van der Waals surface area contributed by atoms with Gasteiger partial charge in [0.2, 0.25) is 0 Å². The number of thiocarbonyl (C=S) groups is 2. The zero-order valence-corrected chi connectivity index (χ0v) is 25.1. The van der Waals surface area contributed by atoms with Gasteiger partial charge in [-0.1, -0.05) is 24.3 Å². The van der Waals surface area contributed by atoms with Crippen LogP contribution in [0.1, 0.15) is 25.7 Å². The third kappa shape index (κ3) is 10.6. The topological polar surface area (TPSA) is 151 Å². The number of hydrogen-bond donors (Lipinski definition) is 0. The van der Waals surface area contributed by atoms with Gasteiger partial charge in [-0.15, -0.1) is 0 Å². The van der Waals surface area contributed by atoms with Crippen molar-refractivity contribution in [1.82, 2.24) is 9.97 Å². The van der Waals surface area contributed by atoms with Gasteiger partial charge in [-0.25, -0.2) is 0 Å². The summed E-state index contributed by atoms with van der Waals surface area (Å²) < 4.78 is 20.7. The van der Waals surface area contributed by atoms with Crippen molar-refractivity contribution in [1.29, 1.82) is 0 Å². The van der Waals surface area contributed by atoms with Crippen molar-refractivity contribution < 1.29 is 97.2 Å². The Kier molecular flexibility index (Phi) is 14.3. The summed E-state index contributed by atoms with van der Waals surface area (Å²) in [5, 5.41) is 20.7. The molecule has 0 radical (unpaired) electrons. The summed E-state index contributed by atoms with van der Waals surface area (Å²) in [6.07, 6.45) is -0.130. The number of rotatable bonds is 8. The van der Waals surface area contributed by atoms with Crippen LogP contribution in [0.4, 0.5) is 0 Å². The van der Waals surface area contributed by atoms with E-state index in [0.29, 0.717) is 22.2 Å². The van der Waals surface area contributed by atoms with Crippen molar-refractivity contribution in [2.24, 2.45) is 0 Å². The molecule has 0 spiro atoms. The van der Waals surface area contributed by atoms with Gasteiger partial charge in [0.1, 0.15) is 11.0 Å². The third-order valence-electron chi connectivity index (χ3n) is 4.02. The first-order valence-electron chi connectivity index (χ1n) is 9.82. The van der Waals surface area contributed by atoms with Crippen LogP contribution in [0.2, 0.25) is 0 Å². The number of oxazole rings is 2. The van der Waals surface area contributed by atoms with Crippen molar-refractivity contribution in [2.75, 3.05) is 0 Å². The number of aliphatic carboxylic acids is 2. The fraction of sp³-hybridized carbons (Fsp3) is 0.182.